The van der Waals surface area contributed by atoms with Gasteiger partial charge in [-0.1, -0.05) is 36.9 Å². The number of esters is 1. The second-order valence-electron chi connectivity index (χ2n) is 6.62. The van der Waals surface area contributed by atoms with Gasteiger partial charge in [0.25, 0.3) is 0 Å². The van der Waals surface area contributed by atoms with Gasteiger partial charge < -0.3 is 18.9 Å². The summed E-state index contributed by atoms with van der Waals surface area (Å²) >= 11 is 0. The fraction of sp³-hybridized carbons (Fsp3) is 0.160. The lowest BCUT2D eigenvalue weighted by Crippen LogP contribution is -2.03. The van der Waals surface area contributed by atoms with Crippen LogP contribution < -0.4 is 18.9 Å². The monoisotopic (exact) mass is 404 g/mol. The van der Waals surface area contributed by atoms with Crippen molar-refractivity contribution < 1.29 is 23.7 Å². The first-order valence-corrected chi connectivity index (χ1v) is 9.34. The Labute approximate surface area is 176 Å². The van der Waals surface area contributed by atoms with E-state index in [2.05, 4.69) is 6.58 Å². The number of carbonyl (C=O) groups is 1. The van der Waals surface area contributed by atoms with Crippen molar-refractivity contribution in [3.8, 4) is 34.1 Å². The van der Waals surface area contributed by atoms with Crippen molar-refractivity contribution >= 4 is 11.5 Å². The highest BCUT2D eigenvalue weighted by atomic mass is 16.6. The average molecular weight is 404 g/mol. The molecule has 30 heavy (non-hydrogen) atoms. The molecule has 3 rings (SSSR count). The number of hydrogen-bond acceptors (Lipinski definition) is 5. The molecule has 0 spiro atoms. The molecule has 0 N–H and O–H groups in total. The maximum Gasteiger partial charge on any atom is 0.308 e. The first-order chi connectivity index (χ1) is 14.4. The van der Waals surface area contributed by atoms with Crippen LogP contribution in [-0.4, -0.2) is 27.3 Å². The predicted octanol–water partition coefficient (Wildman–Crippen LogP) is 5.37. The van der Waals surface area contributed by atoms with Crippen molar-refractivity contribution in [2.45, 2.75) is 6.92 Å². The fourth-order valence-corrected chi connectivity index (χ4v) is 3.10. The zero-order valence-electron chi connectivity index (χ0n) is 17.5. The topological polar surface area (TPSA) is 54.0 Å². The SMILES string of the molecule is C=C(c1ccc(-c2cc(OC)cc(OC)c2)cc1)c1ccc(OC)c(OC(C)=O)c1. The van der Waals surface area contributed by atoms with E-state index in [4.69, 9.17) is 18.9 Å². The quantitative estimate of drug-likeness (QED) is 0.392. The number of methoxy groups -OCH3 is 3. The van der Waals surface area contributed by atoms with Gasteiger partial charge in [-0.15, -0.1) is 0 Å². The molecule has 154 valence electrons. The molecule has 0 atom stereocenters. The molecule has 3 aromatic carbocycles. The molecule has 0 fully saturated rings. The van der Waals surface area contributed by atoms with Gasteiger partial charge in [0, 0.05) is 13.0 Å². The highest BCUT2D eigenvalue weighted by molar-refractivity contribution is 5.81. The molecular weight excluding hydrogens is 380 g/mol. The first-order valence-electron chi connectivity index (χ1n) is 9.34. The molecule has 0 bridgehead atoms. The predicted molar refractivity (Wildman–Crippen MR) is 117 cm³/mol. The minimum absolute atomic E-state index is 0.365. The Bertz CT molecular complexity index is 1050. The van der Waals surface area contributed by atoms with Gasteiger partial charge in [0.05, 0.1) is 21.3 Å². The molecule has 0 aliphatic heterocycles. The molecule has 0 radical (unpaired) electrons. The van der Waals surface area contributed by atoms with Crippen molar-refractivity contribution in [2.24, 2.45) is 0 Å². The summed E-state index contributed by atoms with van der Waals surface area (Å²) in [6.45, 7) is 5.56. The van der Waals surface area contributed by atoms with Crippen LogP contribution in [0.3, 0.4) is 0 Å². The molecule has 5 nitrogen and oxygen atoms in total. The van der Waals surface area contributed by atoms with Gasteiger partial charge in [0.1, 0.15) is 11.5 Å². The number of hydrogen-bond donors (Lipinski definition) is 0. The van der Waals surface area contributed by atoms with E-state index in [0.29, 0.717) is 11.5 Å². The maximum atomic E-state index is 11.4. The summed E-state index contributed by atoms with van der Waals surface area (Å²) in [7, 11) is 4.79. The van der Waals surface area contributed by atoms with Crippen molar-refractivity contribution in [1.82, 2.24) is 0 Å². The number of ether oxygens (including phenoxy) is 4. The molecule has 0 saturated carbocycles. The van der Waals surface area contributed by atoms with E-state index < -0.39 is 5.97 Å². The lowest BCUT2D eigenvalue weighted by Gasteiger charge is -2.13. The Hall–Kier alpha value is -3.73. The van der Waals surface area contributed by atoms with Crippen molar-refractivity contribution in [2.75, 3.05) is 21.3 Å². The minimum Gasteiger partial charge on any atom is -0.497 e. The lowest BCUT2D eigenvalue weighted by atomic mass is 9.96. The fourth-order valence-electron chi connectivity index (χ4n) is 3.10. The number of carbonyl (C=O) groups excluding carboxylic acids is 1. The Morgan fingerprint density at radius 1 is 0.700 bits per heavy atom. The van der Waals surface area contributed by atoms with Crippen LogP contribution in [0.15, 0.2) is 67.2 Å². The van der Waals surface area contributed by atoms with E-state index in [0.717, 1.165) is 39.3 Å². The Morgan fingerprint density at radius 2 is 1.30 bits per heavy atom. The standard InChI is InChI=1S/C25H24O5/c1-16(20-10-11-24(29-5)25(14-20)30-17(2)26)18-6-8-19(9-7-18)21-12-22(27-3)15-23(13-21)28-4/h6-15H,1H2,2-5H3. The summed E-state index contributed by atoms with van der Waals surface area (Å²) in [6, 6.07) is 19.2. The second-order valence-corrected chi connectivity index (χ2v) is 6.62. The lowest BCUT2D eigenvalue weighted by molar-refractivity contribution is -0.132. The van der Waals surface area contributed by atoms with Gasteiger partial charge in [-0.05, 0) is 52.1 Å². The van der Waals surface area contributed by atoms with Crippen molar-refractivity contribution in [3.05, 3.63) is 78.4 Å². The molecule has 0 amide bonds. The third kappa shape index (κ3) is 4.63. The Balaban J connectivity index is 1.90. The number of benzene rings is 3. The highest BCUT2D eigenvalue weighted by Gasteiger charge is 2.11. The van der Waals surface area contributed by atoms with Crippen LogP contribution in [0.1, 0.15) is 18.1 Å². The molecule has 0 unspecified atom stereocenters. The van der Waals surface area contributed by atoms with Crippen LogP contribution in [0.2, 0.25) is 0 Å². The van der Waals surface area contributed by atoms with Gasteiger partial charge >= 0.3 is 5.97 Å². The molecule has 5 heteroatoms. The van der Waals surface area contributed by atoms with Gasteiger partial charge in [0.2, 0.25) is 0 Å². The average Bonchev–Trinajstić information content (AvgIpc) is 2.77. The molecule has 0 heterocycles. The number of rotatable bonds is 7. The molecule has 0 aliphatic rings. The zero-order valence-corrected chi connectivity index (χ0v) is 17.5. The normalized spacial score (nSPS) is 10.3. The van der Waals surface area contributed by atoms with E-state index >= 15 is 0 Å². The highest BCUT2D eigenvalue weighted by Crippen LogP contribution is 2.34. The Kier molecular flexibility index (Phi) is 6.42. The molecular formula is C25H24O5. The molecule has 3 aromatic rings. The summed E-state index contributed by atoms with van der Waals surface area (Å²) < 4.78 is 21.2. The van der Waals surface area contributed by atoms with Crippen molar-refractivity contribution in [3.63, 3.8) is 0 Å². The summed E-state index contributed by atoms with van der Waals surface area (Å²) in [4.78, 5) is 11.4. The van der Waals surface area contributed by atoms with Crippen molar-refractivity contribution in [1.29, 1.82) is 0 Å². The van der Waals surface area contributed by atoms with Gasteiger partial charge in [-0.2, -0.15) is 0 Å². The van der Waals surface area contributed by atoms with Crippen LogP contribution in [0, 0.1) is 0 Å². The third-order valence-corrected chi connectivity index (χ3v) is 4.68. The molecule has 0 saturated heterocycles. The summed E-state index contributed by atoms with van der Waals surface area (Å²) in [5, 5.41) is 0. The van der Waals surface area contributed by atoms with Gasteiger partial charge in [0.15, 0.2) is 11.5 Å². The second kappa shape index (κ2) is 9.18. The largest absolute Gasteiger partial charge is 0.497 e. The Morgan fingerprint density at radius 3 is 1.83 bits per heavy atom. The summed E-state index contributed by atoms with van der Waals surface area (Å²) in [6.07, 6.45) is 0. The van der Waals surface area contributed by atoms with Crippen LogP contribution in [-0.2, 0) is 4.79 Å². The van der Waals surface area contributed by atoms with Crippen LogP contribution in [0.5, 0.6) is 23.0 Å². The van der Waals surface area contributed by atoms with E-state index in [-0.39, 0.29) is 0 Å². The zero-order chi connectivity index (χ0) is 21.7. The van der Waals surface area contributed by atoms with E-state index in [1.54, 1.807) is 26.4 Å². The van der Waals surface area contributed by atoms with Gasteiger partial charge in [-0.3, -0.25) is 4.79 Å². The van der Waals surface area contributed by atoms with Crippen LogP contribution >= 0.6 is 0 Å². The van der Waals surface area contributed by atoms with Crippen LogP contribution in [0.4, 0.5) is 0 Å². The van der Waals surface area contributed by atoms with E-state index in [1.165, 1.54) is 14.0 Å². The minimum atomic E-state index is -0.408. The molecule has 0 aliphatic carbocycles. The van der Waals surface area contributed by atoms with E-state index in [9.17, 15) is 4.79 Å². The first kappa shape index (κ1) is 21.0. The maximum absolute atomic E-state index is 11.4. The summed E-state index contributed by atoms with van der Waals surface area (Å²) in [5.74, 6) is 1.91. The van der Waals surface area contributed by atoms with E-state index in [1.807, 2.05) is 48.5 Å². The summed E-state index contributed by atoms with van der Waals surface area (Å²) in [5.41, 5.74) is 4.61. The van der Waals surface area contributed by atoms with Gasteiger partial charge in [-0.25, -0.2) is 0 Å². The van der Waals surface area contributed by atoms with Crippen LogP contribution in [0.25, 0.3) is 16.7 Å². The smallest absolute Gasteiger partial charge is 0.308 e. The third-order valence-electron chi connectivity index (χ3n) is 4.68. The molecule has 0 aromatic heterocycles.